The van der Waals surface area contributed by atoms with Gasteiger partial charge in [-0.25, -0.2) is 0 Å². The van der Waals surface area contributed by atoms with Gasteiger partial charge in [0.15, 0.2) is 0 Å². The topological polar surface area (TPSA) is 46.9 Å². The summed E-state index contributed by atoms with van der Waals surface area (Å²) in [5.74, 6) is 2.21. The number of terminal acetylenes is 1. The molecular weight excluding hydrogens is 166 g/mol. The minimum absolute atomic E-state index is 0.123. The second-order valence-corrected chi connectivity index (χ2v) is 2.58. The van der Waals surface area contributed by atoms with Crippen molar-refractivity contribution in [2.45, 2.75) is 13.0 Å². The van der Waals surface area contributed by atoms with Crippen molar-refractivity contribution in [2.24, 2.45) is 0 Å². The van der Waals surface area contributed by atoms with E-state index in [1.807, 2.05) is 0 Å². The highest BCUT2D eigenvalue weighted by molar-refractivity contribution is 5.79. The summed E-state index contributed by atoms with van der Waals surface area (Å²) in [7, 11) is 0. The molecule has 0 bridgehead atoms. The molecule has 1 rings (SSSR count). The summed E-state index contributed by atoms with van der Waals surface area (Å²) >= 11 is 0. The quantitative estimate of drug-likeness (QED) is 0.670. The highest BCUT2D eigenvalue weighted by Gasteiger charge is 2.13. The maximum absolute atomic E-state index is 11.3. The van der Waals surface area contributed by atoms with Gasteiger partial charge in [0.25, 0.3) is 0 Å². The van der Waals surface area contributed by atoms with Crippen molar-refractivity contribution in [3.05, 3.63) is 18.5 Å². The van der Waals surface area contributed by atoms with E-state index < -0.39 is 0 Å². The molecular formula is C9H11N3O. The van der Waals surface area contributed by atoms with Gasteiger partial charge in [0.2, 0.25) is 5.91 Å². The van der Waals surface area contributed by atoms with Crippen molar-refractivity contribution in [3.8, 4) is 12.3 Å². The molecule has 0 aliphatic rings. The molecule has 0 spiro atoms. The van der Waals surface area contributed by atoms with E-state index in [-0.39, 0.29) is 18.5 Å². The van der Waals surface area contributed by atoms with Crippen LogP contribution in [0, 0.1) is 12.3 Å². The summed E-state index contributed by atoms with van der Waals surface area (Å²) in [6.07, 6.45) is 8.37. The van der Waals surface area contributed by atoms with Crippen LogP contribution in [0.4, 0.5) is 0 Å². The zero-order valence-corrected chi connectivity index (χ0v) is 7.40. The molecule has 1 atom stereocenters. The molecule has 0 aliphatic heterocycles. The second-order valence-electron chi connectivity index (χ2n) is 2.58. The van der Waals surface area contributed by atoms with Crippen LogP contribution in [0.2, 0.25) is 0 Å². The predicted molar refractivity (Wildman–Crippen MR) is 48.8 cm³/mol. The number of hydrogen-bond donors (Lipinski definition) is 1. The third-order valence-corrected chi connectivity index (χ3v) is 1.67. The van der Waals surface area contributed by atoms with Gasteiger partial charge in [-0.05, 0) is 13.0 Å². The first-order chi connectivity index (χ1) is 6.25. The van der Waals surface area contributed by atoms with Gasteiger partial charge >= 0.3 is 0 Å². The van der Waals surface area contributed by atoms with Crippen LogP contribution < -0.4 is 5.32 Å². The first-order valence-electron chi connectivity index (χ1n) is 3.96. The van der Waals surface area contributed by atoms with E-state index in [4.69, 9.17) is 6.42 Å². The maximum atomic E-state index is 11.3. The standard InChI is InChI=1S/C9H11N3O/c1-3-5-10-9(13)8(2)12-7-4-6-11-12/h1,4,6-8H,5H2,2H3,(H,10,13). The van der Waals surface area contributed by atoms with E-state index in [1.54, 1.807) is 30.1 Å². The van der Waals surface area contributed by atoms with Crippen molar-refractivity contribution in [3.63, 3.8) is 0 Å². The molecule has 1 amide bonds. The number of carbonyl (C=O) groups is 1. The summed E-state index contributed by atoms with van der Waals surface area (Å²) in [4.78, 5) is 11.3. The van der Waals surface area contributed by atoms with Gasteiger partial charge in [-0.3, -0.25) is 9.48 Å². The van der Waals surface area contributed by atoms with Crippen LogP contribution in [0.5, 0.6) is 0 Å². The van der Waals surface area contributed by atoms with Gasteiger partial charge in [-0.15, -0.1) is 6.42 Å². The minimum atomic E-state index is -0.316. The molecule has 1 aromatic heterocycles. The Balaban J connectivity index is 2.54. The largest absolute Gasteiger partial charge is 0.343 e. The summed E-state index contributed by atoms with van der Waals surface area (Å²) in [6, 6.07) is 1.45. The molecule has 1 aromatic rings. The highest BCUT2D eigenvalue weighted by atomic mass is 16.2. The molecule has 68 valence electrons. The van der Waals surface area contributed by atoms with Crippen LogP contribution in [0.25, 0.3) is 0 Å². The van der Waals surface area contributed by atoms with Gasteiger partial charge in [0.05, 0.1) is 6.54 Å². The van der Waals surface area contributed by atoms with E-state index in [9.17, 15) is 4.79 Å². The van der Waals surface area contributed by atoms with Gasteiger partial charge in [0.1, 0.15) is 6.04 Å². The van der Waals surface area contributed by atoms with E-state index in [0.29, 0.717) is 0 Å². The Morgan fingerprint density at radius 1 is 1.85 bits per heavy atom. The number of hydrogen-bond acceptors (Lipinski definition) is 2. The molecule has 1 unspecified atom stereocenters. The van der Waals surface area contributed by atoms with E-state index >= 15 is 0 Å². The zero-order chi connectivity index (χ0) is 9.68. The number of rotatable bonds is 3. The summed E-state index contributed by atoms with van der Waals surface area (Å²) in [5, 5.41) is 6.53. The lowest BCUT2D eigenvalue weighted by Crippen LogP contribution is -2.31. The molecule has 4 heteroatoms. The number of nitrogens with one attached hydrogen (secondary N) is 1. The Kier molecular flexibility index (Phi) is 3.09. The van der Waals surface area contributed by atoms with Crippen molar-refractivity contribution in [2.75, 3.05) is 6.54 Å². The predicted octanol–water partition coefficient (Wildman–Crippen LogP) is 0.193. The molecule has 13 heavy (non-hydrogen) atoms. The van der Waals surface area contributed by atoms with Crippen molar-refractivity contribution < 1.29 is 4.79 Å². The molecule has 0 aromatic carbocycles. The third kappa shape index (κ3) is 2.34. The zero-order valence-electron chi connectivity index (χ0n) is 7.40. The average molecular weight is 177 g/mol. The summed E-state index contributed by atoms with van der Waals surface area (Å²) < 4.78 is 1.58. The van der Waals surface area contributed by atoms with Crippen molar-refractivity contribution in [1.82, 2.24) is 15.1 Å². The Bertz CT molecular complexity index is 310. The molecule has 0 radical (unpaired) electrons. The van der Waals surface area contributed by atoms with E-state index in [1.165, 1.54) is 0 Å². The van der Waals surface area contributed by atoms with Crippen LogP contribution in [-0.4, -0.2) is 22.2 Å². The number of carbonyl (C=O) groups excluding carboxylic acids is 1. The first-order valence-corrected chi connectivity index (χ1v) is 3.96. The SMILES string of the molecule is C#CCNC(=O)C(C)n1cccn1. The highest BCUT2D eigenvalue weighted by Crippen LogP contribution is 2.01. The fraction of sp³-hybridized carbons (Fsp3) is 0.333. The molecule has 4 nitrogen and oxygen atoms in total. The van der Waals surface area contributed by atoms with Crippen LogP contribution in [0.1, 0.15) is 13.0 Å². The Labute approximate surface area is 76.9 Å². The lowest BCUT2D eigenvalue weighted by atomic mass is 10.3. The Morgan fingerprint density at radius 2 is 2.62 bits per heavy atom. The molecule has 0 aliphatic carbocycles. The van der Waals surface area contributed by atoms with Gasteiger partial charge in [-0.2, -0.15) is 5.10 Å². The van der Waals surface area contributed by atoms with Gasteiger partial charge in [0, 0.05) is 12.4 Å². The number of aromatic nitrogens is 2. The van der Waals surface area contributed by atoms with Gasteiger partial charge < -0.3 is 5.32 Å². The van der Waals surface area contributed by atoms with Crippen LogP contribution in [-0.2, 0) is 4.79 Å². The summed E-state index contributed by atoms with van der Waals surface area (Å²) in [5.41, 5.74) is 0. The van der Waals surface area contributed by atoms with Gasteiger partial charge in [-0.1, -0.05) is 5.92 Å². The number of amides is 1. The summed E-state index contributed by atoms with van der Waals surface area (Å²) in [6.45, 7) is 2.02. The molecule has 0 saturated carbocycles. The fourth-order valence-electron chi connectivity index (χ4n) is 0.916. The first kappa shape index (κ1) is 9.33. The van der Waals surface area contributed by atoms with E-state index in [2.05, 4.69) is 16.3 Å². The van der Waals surface area contributed by atoms with Crippen molar-refractivity contribution >= 4 is 5.91 Å². The van der Waals surface area contributed by atoms with Crippen LogP contribution in [0.15, 0.2) is 18.5 Å². The average Bonchev–Trinajstić information content (AvgIpc) is 2.65. The minimum Gasteiger partial charge on any atom is -0.343 e. The molecule has 1 N–H and O–H groups in total. The Hall–Kier alpha value is -1.76. The second kappa shape index (κ2) is 4.31. The third-order valence-electron chi connectivity index (χ3n) is 1.67. The molecule has 1 heterocycles. The number of nitrogens with zero attached hydrogens (tertiary/aromatic N) is 2. The molecule has 0 saturated heterocycles. The lowest BCUT2D eigenvalue weighted by molar-refractivity contribution is -0.123. The van der Waals surface area contributed by atoms with Crippen LogP contribution in [0.3, 0.4) is 0 Å². The van der Waals surface area contributed by atoms with E-state index in [0.717, 1.165) is 0 Å². The Morgan fingerprint density at radius 3 is 3.15 bits per heavy atom. The van der Waals surface area contributed by atoms with Crippen LogP contribution >= 0.6 is 0 Å². The molecule has 0 fully saturated rings. The van der Waals surface area contributed by atoms with Crippen molar-refractivity contribution in [1.29, 1.82) is 0 Å². The lowest BCUT2D eigenvalue weighted by Gasteiger charge is -2.10. The fourth-order valence-corrected chi connectivity index (χ4v) is 0.916. The smallest absolute Gasteiger partial charge is 0.245 e. The maximum Gasteiger partial charge on any atom is 0.245 e. The normalized spacial score (nSPS) is 11.7. The monoisotopic (exact) mass is 177 g/mol.